The van der Waals surface area contributed by atoms with Crippen LogP contribution < -0.4 is 9.47 Å². The van der Waals surface area contributed by atoms with E-state index in [1.807, 2.05) is 18.2 Å². The van der Waals surface area contributed by atoms with Gasteiger partial charge in [-0.3, -0.25) is 0 Å². The maximum absolute atomic E-state index is 10.3. The van der Waals surface area contributed by atoms with Crippen LogP contribution in [0.5, 0.6) is 11.5 Å². The number of ether oxygens (including phenoxy) is 2. The van der Waals surface area contributed by atoms with Crippen molar-refractivity contribution >= 4 is 0 Å². The van der Waals surface area contributed by atoms with Gasteiger partial charge in [0.05, 0.1) is 13.2 Å². The molecule has 2 aliphatic rings. The van der Waals surface area contributed by atoms with Crippen LogP contribution in [-0.2, 0) is 0 Å². The molecule has 1 aliphatic heterocycles. The normalized spacial score (nSPS) is 30.5. The minimum atomic E-state index is -0.416. The molecule has 3 rings (SSSR count). The van der Waals surface area contributed by atoms with Crippen LogP contribution in [0.3, 0.4) is 0 Å². The second-order valence-corrected chi connectivity index (χ2v) is 5.42. The molecule has 0 radical (unpaired) electrons. The molecule has 1 aromatic carbocycles. The van der Waals surface area contributed by atoms with E-state index in [0.29, 0.717) is 12.3 Å². The van der Waals surface area contributed by atoms with Crippen molar-refractivity contribution in [2.45, 2.75) is 44.3 Å². The Morgan fingerprint density at radius 3 is 2.83 bits per heavy atom. The molecule has 1 aromatic rings. The Hall–Kier alpha value is -1.22. The molecule has 0 bridgehead atoms. The quantitative estimate of drug-likeness (QED) is 0.893. The van der Waals surface area contributed by atoms with Crippen molar-refractivity contribution in [2.75, 3.05) is 7.11 Å². The summed E-state index contributed by atoms with van der Waals surface area (Å²) in [5, 5.41) is 10.3. The topological polar surface area (TPSA) is 38.7 Å². The molecule has 1 aliphatic carbocycles. The lowest BCUT2D eigenvalue weighted by atomic mass is 9.83. The van der Waals surface area contributed by atoms with Gasteiger partial charge in [-0.15, -0.1) is 0 Å². The average molecular weight is 248 g/mol. The third-order valence-electron chi connectivity index (χ3n) is 4.35. The van der Waals surface area contributed by atoms with E-state index in [-0.39, 0.29) is 5.60 Å². The molecule has 0 spiro atoms. The molecule has 2 atom stereocenters. The molecule has 1 N–H and O–H groups in total. The lowest BCUT2D eigenvalue weighted by Gasteiger charge is -2.41. The summed E-state index contributed by atoms with van der Waals surface area (Å²) >= 11 is 0. The maximum atomic E-state index is 10.3. The lowest BCUT2D eigenvalue weighted by Crippen LogP contribution is -2.42. The van der Waals surface area contributed by atoms with Crippen LogP contribution in [0, 0.1) is 5.92 Å². The van der Waals surface area contributed by atoms with Gasteiger partial charge in [-0.1, -0.05) is 6.92 Å². The summed E-state index contributed by atoms with van der Waals surface area (Å²) in [6.07, 6.45) is 3.69. The zero-order valence-electron chi connectivity index (χ0n) is 11.0. The van der Waals surface area contributed by atoms with Gasteiger partial charge in [0.25, 0.3) is 0 Å². The fraction of sp³-hybridized carbons (Fsp3) is 0.600. The molecule has 0 saturated heterocycles. The summed E-state index contributed by atoms with van der Waals surface area (Å²) in [5.41, 5.74) is 0.721. The highest BCUT2D eigenvalue weighted by Gasteiger charge is 2.50. The van der Waals surface area contributed by atoms with Crippen LogP contribution >= 0.6 is 0 Å². The van der Waals surface area contributed by atoms with Crippen LogP contribution in [0.4, 0.5) is 0 Å². The second kappa shape index (κ2) is 4.16. The van der Waals surface area contributed by atoms with Crippen molar-refractivity contribution in [2.24, 2.45) is 5.92 Å². The van der Waals surface area contributed by atoms with E-state index in [1.165, 1.54) is 12.8 Å². The first-order valence-electron chi connectivity index (χ1n) is 6.73. The van der Waals surface area contributed by atoms with Crippen LogP contribution in [0.15, 0.2) is 18.2 Å². The molecule has 0 aromatic heterocycles. The highest BCUT2D eigenvalue weighted by atomic mass is 16.5. The van der Waals surface area contributed by atoms with Crippen LogP contribution in [0.1, 0.15) is 44.3 Å². The van der Waals surface area contributed by atoms with Gasteiger partial charge in [0.15, 0.2) is 0 Å². The lowest BCUT2D eigenvalue weighted by molar-refractivity contribution is -0.0329. The number of aliphatic hydroxyl groups is 1. The monoisotopic (exact) mass is 248 g/mol. The molecule has 1 fully saturated rings. The fourth-order valence-electron chi connectivity index (χ4n) is 3.07. The molecule has 1 saturated carbocycles. The molecule has 0 amide bonds. The van der Waals surface area contributed by atoms with Gasteiger partial charge in [-0.05, 0) is 37.3 Å². The highest BCUT2D eigenvalue weighted by molar-refractivity contribution is 5.44. The molecule has 1 unspecified atom stereocenters. The van der Waals surface area contributed by atoms with Crippen molar-refractivity contribution in [3.05, 3.63) is 23.8 Å². The van der Waals surface area contributed by atoms with E-state index < -0.39 is 6.10 Å². The Kier molecular flexibility index (Phi) is 2.74. The van der Waals surface area contributed by atoms with Crippen molar-refractivity contribution in [1.29, 1.82) is 0 Å². The SMILES string of the molecule is CCC1(C2CC2)C[C@H](O)c2ccc(OC)cc2O1. The third-order valence-corrected chi connectivity index (χ3v) is 4.35. The van der Waals surface area contributed by atoms with E-state index in [1.54, 1.807) is 7.11 Å². The van der Waals surface area contributed by atoms with Gasteiger partial charge in [0.1, 0.15) is 17.1 Å². The zero-order valence-corrected chi connectivity index (χ0v) is 11.0. The number of rotatable bonds is 3. The summed E-state index contributed by atoms with van der Waals surface area (Å²) < 4.78 is 11.5. The Morgan fingerprint density at radius 2 is 2.22 bits per heavy atom. The zero-order chi connectivity index (χ0) is 12.8. The van der Waals surface area contributed by atoms with Crippen molar-refractivity contribution in [1.82, 2.24) is 0 Å². The van der Waals surface area contributed by atoms with Gasteiger partial charge < -0.3 is 14.6 Å². The first-order chi connectivity index (χ1) is 8.68. The van der Waals surface area contributed by atoms with Crippen molar-refractivity contribution < 1.29 is 14.6 Å². The number of hydrogen-bond acceptors (Lipinski definition) is 3. The Bertz CT molecular complexity index is 453. The second-order valence-electron chi connectivity index (χ2n) is 5.42. The average Bonchev–Trinajstić information content (AvgIpc) is 3.22. The van der Waals surface area contributed by atoms with E-state index in [0.717, 1.165) is 23.5 Å². The molecule has 98 valence electrons. The number of aliphatic hydroxyl groups excluding tert-OH is 1. The third kappa shape index (κ3) is 1.77. The largest absolute Gasteiger partial charge is 0.497 e. The minimum Gasteiger partial charge on any atom is -0.497 e. The van der Waals surface area contributed by atoms with Crippen LogP contribution in [-0.4, -0.2) is 17.8 Å². The molecular weight excluding hydrogens is 228 g/mol. The number of hydrogen-bond donors (Lipinski definition) is 1. The molecule has 3 nitrogen and oxygen atoms in total. The smallest absolute Gasteiger partial charge is 0.129 e. The van der Waals surface area contributed by atoms with E-state index in [9.17, 15) is 5.11 Å². The van der Waals surface area contributed by atoms with Crippen molar-refractivity contribution in [3.63, 3.8) is 0 Å². The van der Waals surface area contributed by atoms with Gasteiger partial charge in [-0.25, -0.2) is 0 Å². The fourth-order valence-corrected chi connectivity index (χ4v) is 3.07. The summed E-state index contributed by atoms with van der Waals surface area (Å²) in [6.45, 7) is 2.15. The number of fused-ring (bicyclic) bond motifs is 1. The Morgan fingerprint density at radius 1 is 1.44 bits per heavy atom. The van der Waals surface area contributed by atoms with Gasteiger partial charge in [0, 0.05) is 18.1 Å². The summed E-state index contributed by atoms with van der Waals surface area (Å²) in [5.74, 6) is 2.18. The molecule has 1 heterocycles. The number of benzene rings is 1. The van der Waals surface area contributed by atoms with E-state index in [2.05, 4.69) is 6.92 Å². The van der Waals surface area contributed by atoms with Crippen molar-refractivity contribution in [3.8, 4) is 11.5 Å². The van der Waals surface area contributed by atoms with E-state index >= 15 is 0 Å². The Balaban J connectivity index is 1.98. The number of methoxy groups -OCH3 is 1. The predicted octanol–water partition coefficient (Wildman–Crippen LogP) is 3.07. The Labute approximate surface area is 108 Å². The standard InChI is InChI=1S/C15H20O3/c1-3-15(10-4-5-10)9-13(16)12-7-6-11(17-2)8-14(12)18-15/h6-8,10,13,16H,3-5,9H2,1-2H3/t13-,15?/m0/s1. The van der Waals surface area contributed by atoms with Crippen LogP contribution in [0.2, 0.25) is 0 Å². The summed E-state index contributed by atoms with van der Waals surface area (Å²) in [7, 11) is 1.65. The van der Waals surface area contributed by atoms with Crippen LogP contribution in [0.25, 0.3) is 0 Å². The predicted molar refractivity (Wildman–Crippen MR) is 68.9 cm³/mol. The van der Waals surface area contributed by atoms with Gasteiger partial charge >= 0.3 is 0 Å². The molecule has 3 heteroatoms. The summed E-state index contributed by atoms with van der Waals surface area (Å²) in [4.78, 5) is 0. The first-order valence-corrected chi connectivity index (χ1v) is 6.73. The first kappa shape index (κ1) is 11.8. The highest BCUT2D eigenvalue weighted by Crippen LogP contribution is 2.52. The van der Waals surface area contributed by atoms with Gasteiger partial charge in [0.2, 0.25) is 0 Å². The molecular formula is C15H20O3. The molecule has 18 heavy (non-hydrogen) atoms. The van der Waals surface area contributed by atoms with E-state index in [4.69, 9.17) is 9.47 Å². The summed E-state index contributed by atoms with van der Waals surface area (Å²) in [6, 6.07) is 5.68. The minimum absolute atomic E-state index is 0.168. The maximum Gasteiger partial charge on any atom is 0.129 e. The van der Waals surface area contributed by atoms with Gasteiger partial charge in [-0.2, -0.15) is 0 Å².